The minimum absolute atomic E-state index is 0.0126. The molecule has 0 saturated heterocycles. The summed E-state index contributed by atoms with van der Waals surface area (Å²) in [6.45, 7) is 0.396. The Kier molecular flexibility index (Phi) is 10.1. The van der Waals surface area contributed by atoms with Gasteiger partial charge in [-0.2, -0.15) is 0 Å². The van der Waals surface area contributed by atoms with E-state index in [2.05, 4.69) is 33.4 Å². The molecular weight excluding hydrogens is 532 g/mol. The Hall–Kier alpha value is -2.57. The Morgan fingerprint density at radius 2 is 1.47 bits per heavy atom. The normalized spacial score (nSPS) is 14.4. The lowest BCUT2D eigenvalue weighted by molar-refractivity contribution is -0.139. The molecule has 188 valence electrons. The Labute approximate surface area is 227 Å². The van der Waals surface area contributed by atoms with Crippen LogP contribution in [0.5, 0.6) is 0 Å². The summed E-state index contributed by atoms with van der Waals surface area (Å²) >= 11 is 5.09. The van der Waals surface area contributed by atoms with Gasteiger partial charge in [-0.15, -0.1) is 11.8 Å². The number of rotatable bonds is 11. The zero-order valence-electron chi connectivity index (χ0n) is 20.4. The summed E-state index contributed by atoms with van der Waals surface area (Å²) in [4.78, 5) is 29.2. The molecule has 1 saturated carbocycles. The van der Waals surface area contributed by atoms with Crippen LogP contribution in [-0.2, 0) is 28.3 Å². The van der Waals surface area contributed by atoms with Gasteiger partial charge in [0.15, 0.2) is 0 Å². The number of nitrogens with zero attached hydrogens (tertiary/aromatic N) is 1. The lowest BCUT2D eigenvalue weighted by atomic mass is 10.0. The van der Waals surface area contributed by atoms with Crippen molar-refractivity contribution in [1.82, 2.24) is 10.2 Å². The van der Waals surface area contributed by atoms with Crippen molar-refractivity contribution >= 4 is 39.5 Å². The van der Waals surface area contributed by atoms with Crippen LogP contribution < -0.4 is 5.32 Å². The topological polar surface area (TPSA) is 49.4 Å². The van der Waals surface area contributed by atoms with Crippen LogP contribution in [0.15, 0.2) is 89.4 Å². The molecule has 4 rings (SSSR count). The quantitative estimate of drug-likeness (QED) is 0.294. The number of nitrogens with one attached hydrogen (secondary N) is 1. The molecule has 4 nitrogen and oxygen atoms in total. The fraction of sp³-hybridized carbons (Fsp3) is 0.333. The number of carbonyl (C=O) groups excluding carboxylic acids is 2. The van der Waals surface area contributed by atoms with E-state index < -0.39 is 6.04 Å². The van der Waals surface area contributed by atoms with Gasteiger partial charge in [-0.3, -0.25) is 9.59 Å². The van der Waals surface area contributed by atoms with Crippen molar-refractivity contribution in [3.63, 3.8) is 0 Å². The first kappa shape index (κ1) is 26.5. The van der Waals surface area contributed by atoms with Crippen LogP contribution in [0.3, 0.4) is 0 Å². The van der Waals surface area contributed by atoms with Gasteiger partial charge in [-0.05, 0) is 41.7 Å². The van der Waals surface area contributed by atoms with Gasteiger partial charge in [0.2, 0.25) is 11.8 Å². The molecule has 1 fully saturated rings. The molecule has 0 aromatic heterocycles. The fourth-order valence-corrected chi connectivity index (χ4v) is 5.76. The van der Waals surface area contributed by atoms with Gasteiger partial charge in [0, 0.05) is 29.2 Å². The van der Waals surface area contributed by atoms with Gasteiger partial charge in [0.1, 0.15) is 6.04 Å². The van der Waals surface area contributed by atoms with E-state index in [0.29, 0.717) is 18.7 Å². The summed E-state index contributed by atoms with van der Waals surface area (Å²) in [6, 6.07) is 27.8. The smallest absolute Gasteiger partial charge is 0.243 e. The molecule has 0 unspecified atom stereocenters. The highest BCUT2D eigenvalue weighted by molar-refractivity contribution is 9.10. The molecule has 1 atom stereocenters. The Balaban J connectivity index is 1.56. The summed E-state index contributed by atoms with van der Waals surface area (Å²) in [5.41, 5.74) is 3.25. The van der Waals surface area contributed by atoms with Crippen LogP contribution in [0.2, 0.25) is 0 Å². The average molecular weight is 566 g/mol. The van der Waals surface area contributed by atoms with E-state index in [9.17, 15) is 9.59 Å². The second-order valence-electron chi connectivity index (χ2n) is 9.32. The number of hydrogen-bond acceptors (Lipinski definition) is 3. The summed E-state index contributed by atoms with van der Waals surface area (Å²) in [7, 11) is 0. The van der Waals surface area contributed by atoms with Crippen molar-refractivity contribution in [3.05, 3.63) is 106 Å². The molecule has 1 aliphatic rings. The summed E-state index contributed by atoms with van der Waals surface area (Å²) in [6.07, 6.45) is 4.80. The van der Waals surface area contributed by atoms with Crippen molar-refractivity contribution in [2.24, 2.45) is 0 Å². The molecule has 0 aliphatic heterocycles. The summed E-state index contributed by atoms with van der Waals surface area (Å²) < 4.78 is 0.988. The van der Waals surface area contributed by atoms with E-state index in [4.69, 9.17) is 0 Å². The van der Waals surface area contributed by atoms with Crippen LogP contribution in [0, 0.1) is 0 Å². The molecule has 36 heavy (non-hydrogen) atoms. The second-order valence-corrected chi connectivity index (χ2v) is 11.2. The van der Waals surface area contributed by atoms with Gasteiger partial charge in [0.05, 0.1) is 5.75 Å². The Bertz CT molecular complexity index is 1100. The first-order valence-corrected chi connectivity index (χ1v) is 14.5. The lowest BCUT2D eigenvalue weighted by Gasteiger charge is -2.32. The van der Waals surface area contributed by atoms with Gasteiger partial charge in [0.25, 0.3) is 0 Å². The lowest BCUT2D eigenvalue weighted by Crippen LogP contribution is -2.52. The highest BCUT2D eigenvalue weighted by atomic mass is 79.9. The predicted molar refractivity (Wildman–Crippen MR) is 152 cm³/mol. The summed E-state index contributed by atoms with van der Waals surface area (Å²) in [5.74, 6) is 1.02. The number of benzene rings is 3. The highest BCUT2D eigenvalue weighted by Gasteiger charge is 2.32. The number of thioether (sulfide) groups is 1. The monoisotopic (exact) mass is 564 g/mol. The molecule has 3 aromatic carbocycles. The predicted octanol–water partition coefficient (Wildman–Crippen LogP) is 6.38. The zero-order valence-corrected chi connectivity index (χ0v) is 22.8. The first-order chi connectivity index (χ1) is 17.6. The molecule has 0 spiro atoms. The van der Waals surface area contributed by atoms with Crippen LogP contribution in [0.4, 0.5) is 0 Å². The van der Waals surface area contributed by atoms with E-state index in [0.717, 1.165) is 47.0 Å². The van der Waals surface area contributed by atoms with Gasteiger partial charge >= 0.3 is 0 Å². The van der Waals surface area contributed by atoms with Crippen molar-refractivity contribution in [3.8, 4) is 0 Å². The van der Waals surface area contributed by atoms with E-state index in [-0.39, 0.29) is 17.9 Å². The number of carbonyl (C=O) groups is 2. The van der Waals surface area contributed by atoms with Crippen molar-refractivity contribution in [1.29, 1.82) is 0 Å². The van der Waals surface area contributed by atoms with E-state index in [1.165, 1.54) is 5.56 Å². The van der Waals surface area contributed by atoms with Crippen LogP contribution in [-0.4, -0.2) is 34.6 Å². The molecule has 0 heterocycles. The highest BCUT2D eigenvalue weighted by Crippen LogP contribution is 2.22. The minimum atomic E-state index is -0.568. The third-order valence-corrected chi connectivity index (χ3v) is 8.09. The summed E-state index contributed by atoms with van der Waals surface area (Å²) in [5, 5.41) is 3.26. The minimum Gasteiger partial charge on any atom is -0.352 e. The molecule has 2 amide bonds. The van der Waals surface area contributed by atoms with Crippen LogP contribution >= 0.6 is 27.7 Å². The Morgan fingerprint density at radius 3 is 2.11 bits per heavy atom. The van der Waals surface area contributed by atoms with E-state index >= 15 is 0 Å². The maximum Gasteiger partial charge on any atom is 0.243 e. The fourth-order valence-electron chi connectivity index (χ4n) is 4.62. The van der Waals surface area contributed by atoms with E-state index in [1.54, 1.807) is 16.7 Å². The largest absolute Gasteiger partial charge is 0.352 e. The van der Waals surface area contributed by atoms with Gasteiger partial charge in [-0.25, -0.2) is 0 Å². The van der Waals surface area contributed by atoms with Gasteiger partial charge < -0.3 is 10.2 Å². The third-order valence-electron chi connectivity index (χ3n) is 6.58. The zero-order chi connectivity index (χ0) is 25.2. The molecule has 1 aliphatic carbocycles. The molecule has 3 aromatic rings. The number of amides is 2. The standard InChI is InChI=1S/C30H33BrN2O2S/c31-26-17-15-24(16-18-26)20-33(29(34)22-36-21-25-11-5-2-6-12-25)28(19-23-9-3-1-4-10-23)30(35)32-27-13-7-8-14-27/h1-6,9-12,15-18,27-28H,7-8,13-14,19-22H2,(H,32,35)/t28-/m1/s1. The Morgan fingerprint density at radius 1 is 0.861 bits per heavy atom. The van der Waals surface area contributed by atoms with Crippen molar-refractivity contribution in [2.75, 3.05) is 5.75 Å². The van der Waals surface area contributed by atoms with Crippen molar-refractivity contribution in [2.45, 2.75) is 56.5 Å². The number of hydrogen-bond donors (Lipinski definition) is 1. The van der Waals surface area contributed by atoms with Crippen LogP contribution in [0.1, 0.15) is 42.4 Å². The molecule has 0 bridgehead atoms. The SMILES string of the molecule is O=C(NC1CCCC1)[C@@H](Cc1ccccc1)N(Cc1ccc(Br)cc1)C(=O)CSCc1ccccc1. The molecule has 6 heteroatoms. The molecule has 0 radical (unpaired) electrons. The maximum atomic E-state index is 13.7. The first-order valence-electron chi connectivity index (χ1n) is 12.6. The third kappa shape index (κ3) is 7.97. The van der Waals surface area contributed by atoms with E-state index in [1.807, 2.05) is 72.8 Å². The maximum absolute atomic E-state index is 13.7. The molecule has 1 N–H and O–H groups in total. The number of halogens is 1. The van der Waals surface area contributed by atoms with Crippen LogP contribution in [0.25, 0.3) is 0 Å². The molecular formula is C30H33BrN2O2S. The van der Waals surface area contributed by atoms with Gasteiger partial charge in [-0.1, -0.05) is 102 Å². The van der Waals surface area contributed by atoms with Crippen molar-refractivity contribution < 1.29 is 9.59 Å². The second kappa shape index (κ2) is 13.7. The average Bonchev–Trinajstić information content (AvgIpc) is 3.41.